The van der Waals surface area contributed by atoms with Crippen molar-refractivity contribution < 1.29 is 33.4 Å². The first-order valence-electron chi connectivity index (χ1n) is 11.8. The molecule has 0 radical (unpaired) electrons. The first-order valence-corrected chi connectivity index (χ1v) is 12.2. The fraction of sp³-hybridized carbons (Fsp3) is 0.207. The van der Waals surface area contributed by atoms with Crippen LogP contribution in [-0.2, 0) is 19.1 Å². The van der Waals surface area contributed by atoms with E-state index >= 15 is 0 Å². The van der Waals surface area contributed by atoms with Crippen molar-refractivity contribution in [1.29, 1.82) is 0 Å². The van der Waals surface area contributed by atoms with Crippen LogP contribution in [0, 0.1) is 0 Å². The Balaban J connectivity index is 1.43. The van der Waals surface area contributed by atoms with E-state index in [0.29, 0.717) is 21.8 Å². The first kappa shape index (κ1) is 28.3. The maximum Gasteiger partial charge on any atom is 0.338 e. The minimum absolute atomic E-state index is 0.163. The lowest BCUT2D eigenvalue weighted by Gasteiger charge is -2.13. The number of carbonyl (C=O) groups is 5. The van der Waals surface area contributed by atoms with E-state index in [1.54, 1.807) is 42.5 Å². The van der Waals surface area contributed by atoms with Gasteiger partial charge in [0, 0.05) is 28.3 Å². The van der Waals surface area contributed by atoms with Crippen LogP contribution in [0.4, 0.5) is 5.69 Å². The van der Waals surface area contributed by atoms with Crippen molar-refractivity contribution in [3.05, 3.63) is 101 Å². The fourth-order valence-electron chi connectivity index (χ4n) is 3.41. The van der Waals surface area contributed by atoms with Crippen LogP contribution in [-0.4, -0.2) is 41.6 Å². The molecule has 9 heteroatoms. The van der Waals surface area contributed by atoms with Crippen LogP contribution in [0.3, 0.4) is 0 Å². The van der Waals surface area contributed by atoms with E-state index < -0.39 is 30.1 Å². The zero-order valence-corrected chi connectivity index (χ0v) is 21.6. The number of Topliss-reactive ketones (excluding diaryl/α,β-unsaturated/α-hetero) is 2. The topological polar surface area (TPSA) is 116 Å². The normalized spacial score (nSPS) is 12.1. The highest BCUT2D eigenvalue weighted by atomic mass is 35.5. The first-order chi connectivity index (χ1) is 18.1. The third-order valence-corrected chi connectivity index (χ3v) is 5.73. The van der Waals surface area contributed by atoms with E-state index in [4.69, 9.17) is 21.1 Å². The van der Waals surface area contributed by atoms with Crippen LogP contribution in [0.2, 0.25) is 5.02 Å². The van der Waals surface area contributed by atoms with Crippen molar-refractivity contribution in [1.82, 2.24) is 0 Å². The van der Waals surface area contributed by atoms with E-state index in [9.17, 15) is 24.0 Å². The molecule has 3 aromatic rings. The van der Waals surface area contributed by atoms with Gasteiger partial charge in [0.2, 0.25) is 17.5 Å². The molecule has 0 aromatic heterocycles. The van der Waals surface area contributed by atoms with Crippen molar-refractivity contribution in [2.75, 3.05) is 5.32 Å². The Kier molecular flexibility index (Phi) is 9.90. The van der Waals surface area contributed by atoms with Gasteiger partial charge in [-0.3, -0.25) is 19.2 Å². The van der Waals surface area contributed by atoms with Crippen LogP contribution in [0.15, 0.2) is 78.9 Å². The van der Waals surface area contributed by atoms with Crippen LogP contribution in [0.5, 0.6) is 0 Å². The smallest absolute Gasteiger partial charge is 0.338 e. The predicted octanol–water partition coefficient (Wildman–Crippen LogP) is 5.30. The zero-order chi connectivity index (χ0) is 27.7. The molecular weight excluding hydrogens is 510 g/mol. The van der Waals surface area contributed by atoms with Gasteiger partial charge in [0.15, 0.2) is 12.2 Å². The molecule has 0 saturated heterocycles. The molecule has 0 spiro atoms. The highest BCUT2D eigenvalue weighted by Crippen LogP contribution is 2.15. The summed E-state index contributed by atoms with van der Waals surface area (Å²) in [6.45, 7) is 2.96. The SMILES string of the molecule is C[C@H](OC(=O)CCC(=O)Nc1ccc(C(=O)O[C@H](C)C(=O)c2ccccc2)cc1)C(=O)c1ccc(Cl)cc1. The molecule has 0 aliphatic carbocycles. The molecule has 0 saturated carbocycles. The number of ketones is 2. The molecule has 8 nitrogen and oxygen atoms in total. The van der Waals surface area contributed by atoms with Gasteiger partial charge in [-0.05, 0) is 62.4 Å². The number of hydrogen-bond acceptors (Lipinski definition) is 7. The fourth-order valence-corrected chi connectivity index (χ4v) is 3.53. The Bertz CT molecular complexity index is 1310. The van der Waals surface area contributed by atoms with Gasteiger partial charge in [-0.15, -0.1) is 0 Å². The number of hydrogen-bond donors (Lipinski definition) is 1. The van der Waals surface area contributed by atoms with Crippen molar-refractivity contribution in [2.45, 2.75) is 38.9 Å². The van der Waals surface area contributed by atoms with Gasteiger partial charge < -0.3 is 14.8 Å². The number of rotatable bonds is 11. The molecule has 0 aliphatic heterocycles. The highest BCUT2D eigenvalue weighted by Gasteiger charge is 2.21. The van der Waals surface area contributed by atoms with Crippen molar-refractivity contribution in [2.24, 2.45) is 0 Å². The molecule has 3 aromatic carbocycles. The summed E-state index contributed by atoms with van der Waals surface area (Å²) in [6, 6.07) is 20.6. The second-order valence-corrected chi connectivity index (χ2v) is 8.84. The molecule has 0 bridgehead atoms. The third kappa shape index (κ3) is 8.11. The number of amides is 1. The maximum atomic E-state index is 12.4. The number of ether oxygens (including phenoxy) is 2. The molecule has 3 rings (SSSR count). The Morgan fingerprint density at radius 3 is 1.82 bits per heavy atom. The number of nitrogens with one attached hydrogen (secondary N) is 1. The van der Waals surface area contributed by atoms with E-state index in [-0.39, 0.29) is 30.0 Å². The molecule has 196 valence electrons. The van der Waals surface area contributed by atoms with Gasteiger partial charge in [-0.1, -0.05) is 41.9 Å². The van der Waals surface area contributed by atoms with Crippen LogP contribution >= 0.6 is 11.6 Å². The summed E-state index contributed by atoms with van der Waals surface area (Å²) >= 11 is 5.81. The minimum atomic E-state index is -1.01. The molecule has 0 unspecified atom stereocenters. The number of benzene rings is 3. The Morgan fingerprint density at radius 1 is 0.684 bits per heavy atom. The largest absolute Gasteiger partial charge is 0.454 e. The van der Waals surface area contributed by atoms with Gasteiger partial charge in [0.1, 0.15) is 0 Å². The monoisotopic (exact) mass is 535 g/mol. The summed E-state index contributed by atoms with van der Waals surface area (Å²) in [6.07, 6.45) is -2.36. The second kappa shape index (κ2) is 13.3. The predicted molar refractivity (Wildman–Crippen MR) is 141 cm³/mol. The number of halogens is 1. The van der Waals surface area contributed by atoms with E-state index in [1.807, 2.05) is 0 Å². The van der Waals surface area contributed by atoms with Crippen LogP contribution in [0.1, 0.15) is 57.8 Å². The molecular formula is C29H26ClNO7. The highest BCUT2D eigenvalue weighted by molar-refractivity contribution is 6.30. The average Bonchev–Trinajstić information content (AvgIpc) is 2.92. The number of carbonyl (C=O) groups excluding carboxylic acids is 5. The lowest BCUT2D eigenvalue weighted by atomic mass is 10.1. The molecule has 0 fully saturated rings. The van der Waals surface area contributed by atoms with E-state index in [0.717, 1.165) is 0 Å². The molecule has 38 heavy (non-hydrogen) atoms. The second-order valence-electron chi connectivity index (χ2n) is 8.41. The summed E-state index contributed by atoms with van der Waals surface area (Å²) < 4.78 is 10.4. The van der Waals surface area contributed by atoms with Crippen molar-refractivity contribution in [3.8, 4) is 0 Å². The van der Waals surface area contributed by atoms with E-state index in [2.05, 4.69) is 5.32 Å². The van der Waals surface area contributed by atoms with Crippen LogP contribution < -0.4 is 5.32 Å². The standard InChI is InChI=1S/C29H26ClNO7/c1-18(27(34)21-8-12-23(30)13-9-21)37-26(33)17-16-25(32)31-24-14-10-22(11-15-24)29(36)38-19(2)28(35)20-6-4-3-5-7-20/h3-15,18-19H,16-17H2,1-2H3,(H,31,32)/t18-,19+/m0/s1. The lowest BCUT2D eigenvalue weighted by Crippen LogP contribution is -2.25. The van der Waals surface area contributed by atoms with Gasteiger partial charge in [0.25, 0.3) is 0 Å². The average molecular weight is 536 g/mol. The van der Waals surface area contributed by atoms with Crippen molar-refractivity contribution in [3.63, 3.8) is 0 Å². The summed E-state index contributed by atoms with van der Waals surface area (Å²) in [5.74, 6) is -2.50. The van der Waals surface area contributed by atoms with Crippen LogP contribution in [0.25, 0.3) is 0 Å². The maximum absolute atomic E-state index is 12.4. The van der Waals surface area contributed by atoms with E-state index in [1.165, 1.54) is 50.2 Å². The summed E-state index contributed by atoms with van der Waals surface area (Å²) in [5.41, 5.74) is 1.41. The Hall–Kier alpha value is -4.30. The lowest BCUT2D eigenvalue weighted by molar-refractivity contribution is -0.147. The quantitative estimate of drug-likeness (QED) is 0.261. The number of anilines is 1. The summed E-state index contributed by atoms with van der Waals surface area (Å²) in [4.78, 5) is 61.5. The Labute approximate surface area is 224 Å². The van der Waals surface area contributed by atoms with Gasteiger partial charge >= 0.3 is 11.9 Å². The van der Waals surface area contributed by atoms with Crippen molar-refractivity contribution >= 4 is 46.7 Å². The minimum Gasteiger partial charge on any atom is -0.454 e. The molecule has 2 atom stereocenters. The third-order valence-electron chi connectivity index (χ3n) is 5.48. The summed E-state index contributed by atoms with van der Waals surface area (Å²) in [5, 5.41) is 3.10. The Morgan fingerprint density at radius 2 is 1.21 bits per heavy atom. The zero-order valence-electron chi connectivity index (χ0n) is 20.8. The number of esters is 2. The molecule has 0 aliphatic rings. The van der Waals surface area contributed by atoms with Gasteiger partial charge in [-0.2, -0.15) is 0 Å². The molecule has 0 heterocycles. The van der Waals surface area contributed by atoms with Gasteiger partial charge in [0.05, 0.1) is 12.0 Å². The van der Waals surface area contributed by atoms with Gasteiger partial charge in [-0.25, -0.2) is 4.79 Å². The molecule has 1 N–H and O–H groups in total. The summed E-state index contributed by atoms with van der Waals surface area (Å²) in [7, 11) is 0. The molecule has 1 amide bonds.